The van der Waals surface area contributed by atoms with E-state index in [4.69, 9.17) is 11.1 Å². The van der Waals surface area contributed by atoms with Crippen LogP contribution < -0.4 is 21.7 Å². The molecule has 176 valence electrons. The fourth-order valence-corrected chi connectivity index (χ4v) is 4.54. The fraction of sp³-hybridized carbons (Fsp3) is 0.423. The molecule has 3 rings (SSSR count). The van der Waals surface area contributed by atoms with E-state index in [1.165, 1.54) is 0 Å². The van der Waals surface area contributed by atoms with Crippen molar-refractivity contribution >= 4 is 17.8 Å². The van der Waals surface area contributed by atoms with Crippen LogP contribution in [-0.4, -0.2) is 37.4 Å². The van der Waals surface area contributed by atoms with Crippen molar-refractivity contribution in [1.82, 2.24) is 16.0 Å². The molecule has 2 aromatic rings. The third kappa shape index (κ3) is 6.57. The maximum absolute atomic E-state index is 13.4. The Balaban J connectivity index is 1.61. The molecule has 0 atom stereocenters. The third-order valence-electron chi connectivity index (χ3n) is 6.40. The molecule has 0 unspecified atom stereocenters. The zero-order chi connectivity index (χ0) is 23.5. The number of rotatable bonds is 11. The van der Waals surface area contributed by atoms with Gasteiger partial charge in [0.2, 0.25) is 11.8 Å². The number of nitrogens with two attached hydrogens (primary N) is 1. The Hall–Kier alpha value is -3.35. The van der Waals surface area contributed by atoms with Crippen LogP contribution in [0.2, 0.25) is 0 Å². The molecule has 6 N–H and O–H groups in total. The number of benzene rings is 2. The van der Waals surface area contributed by atoms with Crippen LogP contribution in [-0.2, 0) is 9.59 Å². The number of carbonyl (C=O) groups excluding carboxylic acids is 2. The van der Waals surface area contributed by atoms with E-state index in [1.54, 1.807) is 0 Å². The number of unbranched alkanes of at least 4 members (excludes halogenated alkanes) is 1. The minimum absolute atomic E-state index is 0.0200. The maximum Gasteiger partial charge on any atom is 0.235 e. The van der Waals surface area contributed by atoms with E-state index in [1.807, 2.05) is 36.4 Å². The van der Waals surface area contributed by atoms with Gasteiger partial charge in [0.1, 0.15) is 5.41 Å². The highest BCUT2D eigenvalue weighted by Crippen LogP contribution is 2.39. The zero-order valence-electron chi connectivity index (χ0n) is 19.1. The quantitative estimate of drug-likeness (QED) is 0.157. The summed E-state index contributed by atoms with van der Waals surface area (Å²) in [6.07, 6.45) is 4.47. The number of hydrogen-bond acceptors (Lipinski definition) is 3. The third-order valence-corrected chi connectivity index (χ3v) is 6.40. The maximum atomic E-state index is 13.4. The molecule has 0 spiro atoms. The van der Waals surface area contributed by atoms with Gasteiger partial charge in [-0.25, -0.2) is 0 Å². The van der Waals surface area contributed by atoms with Gasteiger partial charge in [0.15, 0.2) is 5.96 Å². The summed E-state index contributed by atoms with van der Waals surface area (Å²) in [5.41, 5.74) is 6.55. The Labute approximate surface area is 196 Å². The lowest BCUT2D eigenvalue weighted by Crippen LogP contribution is -2.50. The van der Waals surface area contributed by atoms with E-state index in [2.05, 4.69) is 40.2 Å². The van der Waals surface area contributed by atoms with E-state index in [-0.39, 0.29) is 23.7 Å². The van der Waals surface area contributed by atoms with Crippen LogP contribution in [0.15, 0.2) is 60.7 Å². The predicted molar refractivity (Wildman–Crippen MR) is 131 cm³/mol. The molecule has 0 aromatic heterocycles. The van der Waals surface area contributed by atoms with Gasteiger partial charge < -0.3 is 21.7 Å². The van der Waals surface area contributed by atoms with E-state index in [0.717, 1.165) is 36.8 Å². The second kappa shape index (κ2) is 12.0. The lowest BCUT2D eigenvalue weighted by atomic mass is 9.83. The SMILES string of the molecule is N=C(N)NCCCCNC(=O)C1(C(=O)NCC(c2ccccc2)c2ccccc2)CCCC1. The first kappa shape index (κ1) is 24.3. The van der Waals surface area contributed by atoms with Gasteiger partial charge in [0.25, 0.3) is 0 Å². The first-order chi connectivity index (χ1) is 16.0. The topological polar surface area (TPSA) is 120 Å². The van der Waals surface area contributed by atoms with Gasteiger partial charge in [-0.15, -0.1) is 0 Å². The van der Waals surface area contributed by atoms with Crippen LogP contribution >= 0.6 is 0 Å². The Morgan fingerprint density at radius 3 is 1.82 bits per heavy atom. The van der Waals surface area contributed by atoms with Crippen molar-refractivity contribution in [2.24, 2.45) is 11.1 Å². The van der Waals surface area contributed by atoms with Crippen LogP contribution in [0.25, 0.3) is 0 Å². The smallest absolute Gasteiger partial charge is 0.235 e. The standard InChI is InChI=1S/C26H35N5O2/c27-25(28)30-18-10-9-17-29-23(32)26(15-7-8-16-26)24(33)31-19-22(20-11-3-1-4-12-20)21-13-5-2-6-14-21/h1-6,11-14,22H,7-10,15-19H2,(H,29,32)(H,31,33)(H4,27,28,30). The van der Waals surface area contributed by atoms with Gasteiger partial charge in [-0.2, -0.15) is 0 Å². The second-order valence-corrected chi connectivity index (χ2v) is 8.68. The van der Waals surface area contributed by atoms with E-state index in [9.17, 15) is 9.59 Å². The van der Waals surface area contributed by atoms with Gasteiger partial charge in [0, 0.05) is 25.6 Å². The molecule has 0 radical (unpaired) electrons. The van der Waals surface area contributed by atoms with Crippen molar-refractivity contribution in [3.63, 3.8) is 0 Å². The molecule has 1 fully saturated rings. The molecule has 1 aliphatic carbocycles. The number of carbonyl (C=O) groups is 2. The average Bonchev–Trinajstić information content (AvgIpc) is 3.34. The highest BCUT2D eigenvalue weighted by atomic mass is 16.2. The molecule has 0 bridgehead atoms. The average molecular weight is 450 g/mol. The van der Waals surface area contributed by atoms with Crippen LogP contribution in [0, 0.1) is 10.8 Å². The first-order valence-corrected chi connectivity index (χ1v) is 11.8. The largest absolute Gasteiger partial charge is 0.370 e. The first-order valence-electron chi connectivity index (χ1n) is 11.8. The molecule has 1 saturated carbocycles. The zero-order valence-corrected chi connectivity index (χ0v) is 19.1. The summed E-state index contributed by atoms with van der Waals surface area (Å²) in [5, 5.41) is 16.0. The van der Waals surface area contributed by atoms with Gasteiger partial charge in [-0.05, 0) is 36.8 Å². The van der Waals surface area contributed by atoms with Crippen molar-refractivity contribution in [3.8, 4) is 0 Å². The minimum atomic E-state index is -0.991. The van der Waals surface area contributed by atoms with Crippen molar-refractivity contribution in [3.05, 3.63) is 71.8 Å². The summed E-state index contributed by atoms with van der Waals surface area (Å²) < 4.78 is 0. The molecular formula is C26H35N5O2. The summed E-state index contributed by atoms with van der Waals surface area (Å²) in [5.74, 6) is -0.378. The van der Waals surface area contributed by atoms with Gasteiger partial charge >= 0.3 is 0 Å². The van der Waals surface area contributed by atoms with Crippen LogP contribution in [0.3, 0.4) is 0 Å². The molecule has 33 heavy (non-hydrogen) atoms. The summed E-state index contributed by atoms with van der Waals surface area (Å²) in [4.78, 5) is 26.5. The molecule has 0 heterocycles. The summed E-state index contributed by atoms with van der Waals surface area (Å²) >= 11 is 0. The Kier molecular flexibility index (Phi) is 8.87. The minimum Gasteiger partial charge on any atom is -0.370 e. The Morgan fingerprint density at radius 2 is 1.30 bits per heavy atom. The van der Waals surface area contributed by atoms with Crippen LogP contribution in [0.4, 0.5) is 0 Å². The van der Waals surface area contributed by atoms with E-state index >= 15 is 0 Å². The molecule has 2 aromatic carbocycles. The summed E-state index contributed by atoms with van der Waals surface area (Å²) in [6.45, 7) is 1.54. The predicted octanol–water partition coefficient (Wildman–Crippen LogP) is 2.87. The second-order valence-electron chi connectivity index (χ2n) is 8.68. The summed E-state index contributed by atoms with van der Waals surface area (Å²) in [7, 11) is 0. The lowest BCUT2D eigenvalue weighted by molar-refractivity contribution is -0.143. The van der Waals surface area contributed by atoms with Gasteiger partial charge in [-0.1, -0.05) is 73.5 Å². The Bertz CT molecular complexity index is 871. The Morgan fingerprint density at radius 1 is 0.818 bits per heavy atom. The summed E-state index contributed by atoms with van der Waals surface area (Å²) in [6, 6.07) is 20.3. The van der Waals surface area contributed by atoms with Crippen molar-refractivity contribution in [2.75, 3.05) is 19.6 Å². The number of amides is 2. The monoisotopic (exact) mass is 449 g/mol. The molecule has 2 amide bonds. The molecule has 7 heteroatoms. The van der Waals surface area contributed by atoms with Crippen molar-refractivity contribution in [1.29, 1.82) is 5.41 Å². The van der Waals surface area contributed by atoms with E-state index < -0.39 is 5.41 Å². The van der Waals surface area contributed by atoms with Crippen LogP contribution in [0.5, 0.6) is 0 Å². The van der Waals surface area contributed by atoms with Crippen molar-refractivity contribution in [2.45, 2.75) is 44.4 Å². The van der Waals surface area contributed by atoms with E-state index in [0.29, 0.717) is 32.5 Å². The highest BCUT2D eigenvalue weighted by molar-refractivity contribution is 6.05. The number of guanidine groups is 1. The van der Waals surface area contributed by atoms with Gasteiger partial charge in [-0.3, -0.25) is 15.0 Å². The van der Waals surface area contributed by atoms with Crippen molar-refractivity contribution < 1.29 is 9.59 Å². The molecule has 7 nitrogen and oxygen atoms in total. The molecule has 1 aliphatic rings. The molecule has 0 aliphatic heterocycles. The van der Waals surface area contributed by atoms with Gasteiger partial charge in [0.05, 0.1) is 0 Å². The molecular weight excluding hydrogens is 414 g/mol. The lowest BCUT2D eigenvalue weighted by Gasteiger charge is -2.28. The fourth-order valence-electron chi connectivity index (χ4n) is 4.54. The number of hydrogen-bond donors (Lipinski definition) is 5. The van der Waals surface area contributed by atoms with Crippen LogP contribution in [0.1, 0.15) is 55.6 Å². The number of nitrogens with one attached hydrogen (secondary N) is 4. The molecule has 0 saturated heterocycles. The normalized spacial score (nSPS) is 14.6. The highest BCUT2D eigenvalue weighted by Gasteiger charge is 2.47.